The number of imidazole rings is 1. The SMILES string of the molecule is COc1cc(C2CCN(CC(C)C)CC2)ccc1Nc1nccc(-c2c(-c3ccc(OC)c(C(=O)Nc4c(F)cccc4F)c3)nc3ccccn23)n1. The molecule has 12 heteroatoms. The molecule has 0 unspecified atom stereocenters. The first-order chi connectivity index (χ1) is 25.7. The summed E-state index contributed by atoms with van der Waals surface area (Å²) in [6.07, 6.45) is 5.77. The Hall–Kier alpha value is -5.88. The molecule has 10 nitrogen and oxygen atoms in total. The minimum atomic E-state index is -0.893. The van der Waals surface area contributed by atoms with Gasteiger partial charge in [-0.3, -0.25) is 9.20 Å². The lowest BCUT2D eigenvalue weighted by molar-refractivity contribution is 0.102. The van der Waals surface area contributed by atoms with Crippen LogP contribution in [-0.2, 0) is 0 Å². The summed E-state index contributed by atoms with van der Waals surface area (Å²) in [6, 6.07) is 22.0. The molecule has 1 saturated heterocycles. The Bertz CT molecular complexity index is 2250. The van der Waals surface area contributed by atoms with Crippen LogP contribution in [0, 0.1) is 17.6 Å². The summed E-state index contributed by atoms with van der Waals surface area (Å²) in [6.45, 7) is 7.85. The van der Waals surface area contributed by atoms with E-state index in [1.54, 1.807) is 37.6 Å². The predicted molar refractivity (Wildman–Crippen MR) is 202 cm³/mol. The highest BCUT2D eigenvalue weighted by molar-refractivity contribution is 6.07. The summed E-state index contributed by atoms with van der Waals surface area (Å²) in [4.78, 5) is 30.3. The number of likely N-dealkylation sites (tertiary alicyclic amines) is 1. The van der Waals surface area contributed by atoms with Crippen molar-refractivity contribution in [3.8, 4) is 34.1 Å². The van der Waals surface area contributed by atoms with Gasteiger partial charge in [-0.2, -0.15) is 0 Å². The first kappa shape index (κ1) is 35.5. The normalized spacial score (nSPS) is 13.7. The van der Waals surface area contributed by atoms with Gasteiger partial charge < -0.3 is 25.0 Å². The van der Waals surface area contributed by atoms with E-state index in [9.17, 15) is 13.6 Å². The van der Waals surface area contributed by atoms with Crippen molar-refractivity contribution in [1.29, 1.82) is 0 Å². The molecule has 1 aliphatic heterocycles. The Labute approximate surface area is 306 Å². The zero-order valence-corrected chi connectivity index (χ0v) is 30.1. The number of aromatic nitrogens is 4. The monoisotopic (exact) mass is 717 g/mol. The number of nitrogens with zero attached hydrogens (tertiary/aromatic N) is 5. The molecule has 1 fully saturated rings. The molecule has 1 amide bonds. The Morgan fingerprint density at radius 1 is 0.906 bits per heavy atom. The molecule has 53 heavy (non-hydrogen) atoms. The van der Waals surface area contributed by atoms with Gasteiger partial charge in [0.05, 0.1) is 42.6 Å². The third-order valence-corrected chi connectivity index (χ3v) is 9.50. The first-order valence-electron chi connectivity index (χ1n) is 17.6. The summed E-state index contributed by atoms with van der Waals surface area (Å²) < 4.78 is 42.1. The number of anilines is 3. The number of amides is 1. The second kappa shape index (κ2) is 15.4. The number of methoxy groups -OCH3 is 2. The lowest BCUT2D eigenvalue weighted by atomic mass is 9.89. The van der Waals surface area contributed by atoms with E-state index >= 15 is 0 Å². The number of hydrogen-bond acceptors (Lipinski definition) is 8. The van der Waals surface area contributed by atoms with Crippen LogP contribution < -0.4 is 20.1 Å². The van der Waals surface area contributed by atoms with Gasteiger partial charge in [-0.25, -0.2) is 23.7 Å². The molecule has 1 aliphatic rings. The number of halogens is 2. The molecule has 272 valence electrons. The van der Waals surface area contributed by atoms with Gasteiger partial charge in [0.15, 0.2) is 0 Å². The highest BCUT2D eigenvalue weighted by Crippen LogP contribution is 2.37. The van der Waals surface area contributed by atoms with Crippen molar-refractivity contribution in [1.82, 2.24) is 24.3 Å². The minimum Gasteiger partial charge on any atom is -0.496 e. The lowest BCUT2D eigenvalue weighted by Crippen LogP contribution is -2.35. The Morgan fingerprint density at radius 2 is 1.68 bits per heavy atom. The molecule has 3 aromatic carbocycles. The fourth-order valence-corrected chi connectivity index (χ4v) is 6.97. The fraction of sp³-hybridized carbons (Fsp3) is 0.268. The van der Waals surface area contributed by atoms with E-state index in [2.05, 4.69) is 46.5 Å². The van der Waals surface area contributed by atoms with Crippen LogP contribution in [0.15, 0.2) is 91.3 Å². The van der Waals surface area contributed by atoms with Crippen LogP contribution in [0.1, 0.15) is 48.5 Å². The van der Waals surface area contributed by atoms with Crippen molar-refractivity contribution < 1.29 is 23.0 Å². The Kier molecular flexibility index (Phi) is 10.3. The van der Waals surface area contributed by atoms with E-state index in [-0.39, 0.29) is 11.3 Å². The van der Waals surface area contributed by atoms with Crippen molar-refractivity contribution >= 4 is 28.9 Å². The standard InChI is InChI=1S/C41H41F2N7O3/c1-25(2)24-49-20-16-26(17-21-49)27-11-13-32(35(23-27)53-4)45-41-44-18-15-33(46-41)39-37(47-36-10-5-6-19-50(36)39)28-12-14-34(52-3)29(22-28)40(51)48-38-30(42)8-7-9-31(38)43/h5-15,18-19,22-23,25-26H,16-17,20-21,24H2,1-4H3,(H,48,51)(H,44,45,46). The zero-order valence-electron chi connectivity index (χ0n) is 30.1. The van der Waals surface area contributed by atoms with Crippen LogP contribution in [0.25, 0.3) is 28.3 Å². The number of hydrogen-bond donors (Lipinski definition) is 2. The zero-order chi connectivity index (χ0) is 37.1. The smallest absolute Gasteiger partial charge is 0.259 e. The Morgan fingerprint density at radius 3 is 2.42 bits per heavy atom. The van der Waals surface area contributed by atoms with Crippen LogP contribution in [0.4, 0.5) is 26.1 Å². The number of carbonyl (C=O) groups excluding carboxylic acids is 1. The van der Waals surface area contributed by atoms with Gasteiger partial charge in [0.25, 0.3) is 5.91 Å². The maximum absolute atomic E-state index is 14.4. The molecule has 0 bridgehead atoms. The van der Waals surface area contributed by atoms with E-state index in [0.29, 0.717) is 51.8 Å². The number of carbonyl (C=O) groups is 1. The number of ether oxygens (including phenoxy) is 2. The van der Waals surface area contributed by atoms with Crippen LogP contribution in [0.3, 0.4) is 0 Å². The van der Waals surface area contributed by atoms with Gasteiger partial charge in [-0.1, -0.05) is 32.0 Å². The number of para-hydroxylation sites is 1. The second-order valence-corrected chi connectivity index (χ2v) is 13.5. The molecule has 0 spiro atoms. The minimum absolute atomic E-state index is 0.0670. The van der Waals surface area contributed by atoms with Gasteiger partial charge in [-0.05, 0) is 104 Å². The molecule has 7 rings (SSSR count). The van der Waals surface area contributed by atoms with Gasteiger partial charge in [0.2, 0.25) is 5.95 Å². The van der Waals surface area contributed by atoms with Crippen molar-refractivity contribution in [2.24, 2.45) is 5.92 Å². The predicted octanol–water partition coefficient (Wildman–Crippen LogP) is 8.59. The molecule has 0 saturated carbocycles. The summed E-state index contributed by atoms with van der Waals surface area (Å²) in [7, 11) is 3.08. The quantitative estimate of drug-likeness (QED) is 0.137. The van der Waals surface area contributed by atoms with E-state index in [1.807, 2.05) is 34.9 Å². The molecule has 0 radical (unpaired) electrons. The average molecular weight is 718 g/mol. The van der Waals surface area contributed by atoms with E-state index in [0.717, 1.165) is 50.3 Å². The number of benzene rings is 3. The highest BCUT2D eigenvalue weighted by Gasteiger charge is 2.24. The lowest BCUT2D eigenvalue weighted by Gasteiger charge is -2.33. The summed E-state index contributed by atoms with van der Waals surface area (Å²) >= 11 is 0. The summed E-state index contributed by atoms with van der Waals surface area (Å²) in [5.74, 6) is -0.121. The number of fused-ring (bicyclic) bond motifs is 1. The summed E-state index contributed by atoms with van der Waals surface area (Å²) in [5.41, 5.74) is 4.46. The number of pyridine rings is 1. The molecule has 6 aromatic rings. The molecule has 0 atom stereocenters. The summed E-state index contributed by atoms with van der Waals surface area (Å²) in [5, 5.41) is 5.70. The van der Waals surface area contributed by atoms with Gasteiger partial charge in [0.1, 0.15) is 34.5 Å². The maximum atomic E-state index is 14.4. The number of nitrogens with one attached hydrogen (secondary N) is 2. The molecule has 4 heterocycles. The van der Waals surface area contributed by atoms with E-state index in [4.69, 9.17) is 19.4 Å². The van der Waals surface area contributed by atoms with Gasteiger partial charge in [-0.15, -0.1) is 0 Å². The van der Waals surface area contributed by atoms with Crippen molar-refractivity contribution in [2.75, 3.05) is 44.5 Å². The largest absolute Gasteiger partial charge is 0.496 e. The molecule has 0 aliphatic carbocycles. The first-order valence-corrected chi connectivity index (χ1v) is 17.6. The average Bonchev–Trinajstić information content (AvgIpc) is 3.56. The molecular formula is C41H41F2N7O3. The van der Waals surface area contributed by atoms with Gasteiger partial charge in [0, 0.05) is 24.5 Å². The van der Waals surface area contributed by atoms with Crippen LogP contribution in [0.5, 0.6) is 11.5 Å². The van der Waals surface area contributed by atoms with E-state index < -0.39 is 23.2 Å². The van der Waals surface area contributed by atoms with Gasteiger partial charge >= 0.3 is 0 Å². The molecule has 2 N–H and O–H groups in total. The fourth-order valence-electron chi connectivity index (χ4n) is 6.97. The highest BCUT2D eigenvalue weighted by atomic mass is 19.1. The Balaban J connectivity index is 1.20. The third-order valence-electron chi connectivity index (χ3n) is 9.50. The van der Waals surface area contributed by atoms with Crippen LogP contribution in [0.2, 0.25) is 0 Å². The molecule has 3 aromatic heterocycles. The van der Waals surface area contributed by atoms with Crippen LogP contribution in [-0.4, -0.2) is 64.0 Å². The van der Waals surface area contributed by atoms with Crippen molar-refractivity contribution in [3.63, 3.8) is 0 Å². The second-order valence-electron chi connectivity index (χ2n) is 13.5. The number of rotatable bonds is 11. The topological polar surface area (TPSA) is 106 Å². The van der Waals surface area contributed by atoms with Crippen molar-refractivity contribution in [2.45, 2.75) is 32.6 Å². The third kappa shape index (κ3) is 7.54. The van der Waals surface area contributed by atoms with Crippen molar-refractivity contribution in [3.05, 3.63) is 114 Å². The van der Waals surface area contributed by atoms with Crippen LogP contribution >= 0.6 is 0 Å². The van der Waals surface area contributed by atoms with E-state index in [1.165, 1.54) is 18.7 Å². The number of piperidine rings is 1. The molecular weight excluding hydrogens is 676 g/mol. The maximum Gasteiger partial charge on any atom is 0.259 e.